The van der Waals surface area contributed by atoms with Crippen molar-refractivity contribution in [3.63, 3.8) is 0 Å². The molecule has 2 heterocycles. The predicted octanol–water partition coefficient (Wildman–Crippen LogP) is 5.19. The number of benzene rings is 2. The molecule has 3 aromatic rings. The van der Waals surface area contributed by atoms with E-state index in [4.69, 9.17) is 0 Å². The molecular weight excluding hydrogens is 414 g/mol. The van der Waals surface area contributed by atoms with E-state index in [-0.39, 0.29) is 17.9 Å². The zero-order chi connectivity index (χ0) is 20.9. The maximum absolute atomic E-state index is 12.5. The molecule has 7 heteroatoms. The van der Waals surface area contributed by atoms with E-state index < -0.39 is 0 Å². The molecule has 0 radical (unpaired) electrons. The zero-order valence-corrected chi connectivity index (χ0v) is 18.1. The first-order valence-electron chi connectivity index (χ1n) is 9.63. The van der Waals surface area contributed by atoms with E-state index in [1.165, 1.54) is 34.8 Å². The number of para-hydroxylation sites is 1. The van der Waals surface area contributed by atoms with E-state index in [1.807, 2.05) is 59.6 Å². The largest absolute Gasteiger partial charge is 0.346 e. The molecule has 0 saturated carbocycles. The van der Waals surface area contributed by atoms with Gasteiger partial charge in [0.15, 0.2) is 5.13 Å². The quantitative estimate of drug-likeness (QED) is 0.560. The van der Waals surface area contributed by atoms with Gasteiger partial charge in [-0.25, -0.2) is 4.98 Å². The lowest BCUT2D eigenvalue weighted by molar-refractivity contribution is -0.117. The van der Waals surface area contributed by atoms with Crippen LogP contribution in [0.15, 0.2) is 70.9 Å². The van der Waals surface area contributed by atoms with Gasteiger partial charge in [-0.05, 0) is 36.3 Å². The van der Waals surface area contributed by atoms with Crippen molar-refractivity contribution in [2.45, 2.75) is 24.3 Å². The minimum atomic E-state index is -0.150. The summed E-state index contributed by atoms with van der Waals surface area (Å²) in [6.45, 7) is 1.51. The van der Waals surface area contributed by atoms with Crippen LogP contribution in [0.25, 0.3) is 6.08 Å². The number of carbonyl (C=O) groups excluding carboxylic acids is 2. The van der Waals surface area contributed by atoms with Gasteiger partial charge in [0.1, 0.15) is 0 Å². The number of carbonyl (C=O) groups is 2. The molecule has 152 valence electrons. The van der Waals surface area contributed by atoms with Crippen LogP contribution in [0.3, 0.4) is 0 Å². The number of amides is 2. The molecule has 0 unspecified atom stereocenters. The molecule has 30 heavy (non-hydrogen) atoms. The number of nitrogens with one attached hydrogen (secondary N) is 1. The van der Waals surface area contributed by atoms with Gasteiger partial charge in [-0.1, -0.05) is 36.4 Å². The number of aromatic nitrogens is 1. The lowest BCUT2D eigenvalue weighted by Gasteiger charge is -2.25. The van der Waals surface area contributed by atoms with Crippen LogP contribution in [-0.2, 0) is 9.59 Å². The Labute approximate surface area is 183 Å². The van der Waals surface area contributed by atoms with Gasteiger partial charge in [0.25, 0.3) is 0 Å². The first kappa shape index (κ1) is 20.4. The minimum absolute atomic E-state index is 0.0249. The summed E-state index contributed by atoms with van der Waals surface area (Å²) >= 11 is 3.19. The molecule has 1 aliphatic rings. The van der Waals surface area contributed by atoms with E-state index in [1.54, 1.807) is 11.0 Å². The molecule has 1 atom stereocenters. The van der Waals surface area contributed by atoms with Gasteiger partial charge in [0, 0.05) is 29.0 Å². The molecule has 0 bridgehead atoms. The number of thioether (sulfide) groups is 1. The maximum Gasteiger partial charge on any atom is 0.244 e. The second kappa shape index (κ2) is 9.28. The summed E-state index contributed by atoms with van der Waals surface area (Å²) in [5, 5.41) is 5.50. The molecule has 1 aromatic heterocycles. The van der Waals surface area contributed by atoms with Crippen molar-refractivity contribution in [2.75, 3.05) is 10.7 Å². The van der Waals surface area contributed by atoms with Crippen LogP contribution in [0.5, 0.6) is 0 Å². The highest BCUT2D eigenvalue weighted by molar-refractivity contribution is 7.99. The third-order valence-electron chi connectivity index (χ3n) is 4.71. The number of hydrogen-bond acceptors (Lipinski definition) is 5. The van der Waals surface area contributed by atoms with Crippen molar-refractivity contribution < 1.29 is 9.59 Å². The fraction of sp³-hybridized carbons (Fsp3) is 0.174. The molecular formula is C23H21N3O2S2. The highest BCUT2D eigenvalue weighted by Crippen LogP contribution is 2.35. The van der Waals surface area contributed by atoms with Gasteiger partial charge in [-0.15, -0.1) is 23.1 Å². The van der Waals surface area contributed by atoms with E-state index in [9.17, 15) is 9.59 Å². The number of fused-ring (bicyclic) bond motifs is 1. The highest BCUT2D eigenvalue weighted by Gasteiger charge is 2.21. The number of anilines is 2. The van der Waals surface area contributed by atoms with Gasteiger partial charge in [-0.2, -0.15) is 0 Å². The van der Waals surface area contributed by atoms with Gasteiger partial charge in [0.05, 0.1) is 17.4 Å². The van der Waals surface area contributed by atoms with Crippen molar-refractivity contribution in [3.05, 3.63) is 77.3 Å². The summed E-state index contributed by atoms with van der Waals surface area (Å²) in [5.74, 6) is 0.724. The molecule has 4 rings (SSSR count). The molecule has 1 N–H and O–H groups in total. The molecule has 1 aliphatic heterocycles. The number of hydrogen-bond donors (Lipinski definition) is 1. The SMILES string of the molecule is CC(=O)N(c1ccccc1)c1nc(/C=C/C(=O)N[C@H]2CCSc3ccccc32)cs1. The molecule has 2 amide bonds. The van der Waals surface area contributed by atoms with Crippen LogP contribution in [-0.4, -0.2) is 22.6 Å². The van der Waals surface area contributed by atoms with Crippen LogP contribution in [0.2, 0.25) is 0 Å². The molecule has 0 spiro atoms. The Morgan fingerprint density at radius 1 is 1.13 bits per heavy atom. The molecule has 0 fully saturated rings. The highest BCUT2D eigenvalue weighted by atomic mass is 32.2. The van der Waals surface area contributed by atoms with Crippen molar-refractivity contribution >= 4 is 51.8 Å². The summed E-state index contributed by atoms with van der Waals surface area (Å²) in [4.78, 5) is 31.9. The smallest absolute Gasteiger partial charge is 0.244 e. The van der Waals surface area contributed by atoms with Crippen LogP contribution in [0.4, 0.5) is 10.8 Å². The van der Waals surface area contributed by atoms with Crippen molar-refractivity contribution in [1.29, 1.82) is 0 Å². The third-order valence-corrected chi connectivity index (χ3v) is 6.68. The van der Waals surface area contributed by atoms with Gasteiger partial charge in [-0.3, -0.25) is 14.5 Å². The van der Waals surface area contributed by atoms with Gasteiger partial charge < -0.3 is 5.32 Å². The Kier molecular flexibility index (Phi) is 6.30. The first-order valence-corrected chi connectivity index (χ1v) is 11.5. The molecule has 0 aliphatic carbocycles. The fourth-order valence-electron chi connectivity index (χ4n) is 3.33. The Morgan fingerprint density at radius 3 is 2.70 bits per heavy atom. The second-order valence-corrected chi connectivity index (χ2v) is 8.79. The standard InChI is InChI=1S/C23H21N3O2S2/c1-16(27)26(18-7-3-2-4-8-18)23-24-17(15-30-23)11-12-22(28)25-20-13-14-29-21-10-6-5-9-19(20)21/h2-12,15,20H,13-14H2,1H3,(H,25,28)/b12-11+/t20-/m0/s1. The first-order chi connectivity index (χ1) is 14.6. The Balaban J connectivity index is 1.45. The van der Waals surface area contributed by atoms with Crippen molar-refractivity contribution in [1.82, 2.24) is 10.3 Å². The van der Waals surface area contributed by atoms with Gasteiger partial charge in [0.2, 0.25) is 11.8 Å². The van der Waals surface area contributed by atoms with E-state index >= 15 is 0 Å². The molecule has 2 aromatic carbocycles. The number of rotatable bonds is 5. The summed E-state index contributed by atoms with van der Waals surface area (Å²) in [6.07, 6.45) is 4.10. The summed E-state index contributed by atoms with van der Waals surface area (Å²) < 4.78 is 0. The van der Waals surface area contributed by atoms with E-state index in [0.717, 1.165) is 17.9 Å². The van der Waals surface area contributed by atoms with Gasteiger partial charge >= 0.3 is 0 Å². The maximum atomic E-state index is 12.5. The Hall–Kier alpha value is -2.90. The Bertz CT molecular complexity index is 1080. The third kappa shape index (κ3) is 4.63. The molecule has 5 nitrogen and oxygen atoms in total. The number of thiazole rings is 1. The average molecular weight is 436 g/mol. The topological polar surface area (TPSA) is 62.3 Å². The average Bonchev–Trinajstić information content (AvgIpc) is 3.21. The molecule has 0 saturated heterocycles. The summed E-state index contributed by atoms with van der Waals surface area (Å²) in [7, 11) is 0. The Morgan fingerprint density at radius 2 is 1.90 bits per heavy atom. The second-order valence-electron chi connectivity index (χ2n) is 6.81. The monoisotopic (exact) mass is 435 g/mol. The zero-order valence-electron chi connectivity index (χ0n) is 16.4. The minimum Gasteiger partial charge on any atom is -0.346 e. The van der Waals surface area contributed by atoms with Crippen LogP contribution < -0.4 is 10.2 Å². The van der Waals surface area contributed by atoms with Crippen molar-refractivity contribution in [2.24, 2.45) is 0 Å². The summed E-state index contributed by atoms with van der Waals surface area (Å²) in [6, 6.07) is 17.6. The van der Waals surface area contributed by atoms with E-state index in [0.29, 0.717) is 10.8 Å². The van der Waals surface area contributed by atoms with Crippen LogP contribution in [0, 0.1) is 0 Å². The van der Waals surface area contributed by atoms with Crippen LogP contribution >= 0.6 is 23.1 Å². The summed E-state index contributed by atoms with van der Waals surface area (Å²) in [5.41, 5.74) is 2.58. The lowest BCUT2D eigenvalue weighted by Crippen LogP contribution is -2.29. The lowest BCUT2D eigenvalue weighted by atomic mass is 10.0. The fourth-order valence-corrected chi connectivity index (χ4v) is 5.31. The number of nitrogens with zero attached hydrogens (tertiary/aromatic N) is 2. The van der Waals surface area contributed by atoms with Crippen LogP contribution in [0.1, 0.15) is 30.6 Å². The predicted molar refractivity (Wildman–Crippen MR) is 123 cm³/mol. The van der Waals surface area contributed by atoms with E-state index in [2.05, 4.69) is 22.4 Å². The van der Waals surface area contributed by atoms with Crippen molar-refractivity contribution in [3.8, 4) is 0 Å². The normalized spacial score (nSPS) is 15.6.